The highest BCUT2D eigenvalue weighted by atomic mass is 16.5. The predicted octanol–water partition coefficient (Wildman–Crippen LogP) is 3.35. The minimum absolute atomic E-state index is 0.159. The van der Waals surface area contributed by atoms with Gasteiger partial charge in [0.15, 0.2) is 0 Å². The largest absolute Gasteiger partial charge is 0.497 e. The van der Waals surface area contributed by atoms with E-state index in [9.17, 15) is 5.11 Å². The first-order valence-electron chi connectivity index (χ1n) is 8.03. The van der Waals surface area contributed by atoms with Gasteiger partial charge in [0.05, 0.1) is 23.8 Å². The predicted molar refractivity (Wildman–Crippen MR) is 94.4 cm³/mol. The molecule has 1 N–H and O–H groups in total. The molecule has 2 aromatic carbocycles. The Morgan fingerprint density at radius 2 is 1.88 bits per heavy atom. The van der Waals surface area contributed by atoms with Gasteiger partial charge in [-0.25, -0.2) is 4.98 Å². The van der Waals surface area contributed by atoms with E-state index in [2.05, 4.69) is 21.2 Å². The van der Waals surface area contributed by atoms with Gasteiger partial charge in [-0.3, -0.25) is 4.40 Å². The minimum atomic E-state index is 0.159. The molecule has 0 aliphatic rings. The number of ether oxygens (including phenoxy) is 1. The van der Waals surface area contributed by atoms with Crippen LogP contribution in [0.25, 0.3) is 28.1 Å². The van der Waals surface area contributed by atoms with Crippen molar-refractivity contribution < 1.29 is 9.84 Å². The molecule has 5 nitrogen and oxygen atoms in total. The van der Waals surface area contributed by atoms with Crippen molar-refractivity contribution in [2.75, 3.05) is 13.7 Å². The van der Waals surface area contributed by atoms with Crippen molar-refractivity contribution in [1.29, 1.82) is 0 Å². The van der Waals surface area contributed by atoms with E-state index in [1.807, 2.05) is 42.5 Å². The molecule has 24 heavy (non-hydrogen) atoms. The number of benzene rings is 2. The second-order valence-corrected chi connectivity index (χ2v) is 5.74. The van der Waals surface area contributed by atoms with E-state index < -0.39 is 0 Å². The van der Waals surface area contributed by atoms with Crippen LogP contribution in [0.1, 0.15) is 6.42 Å². The third kappa shape index (κ3) is 2.34. The molecule has 0 aliphatic carbocycles. The Morgan fingerprint density at radius 1 is 1.08 bits per heavy atom. The molecule has 0 spiro atoms. The monoisotopic (exact) mass is 321 g/mol. The van der Waals surface area contributed by atoms with Gasteiger partial charge in [-0.05, 0) is 42.8 Å². The van der Waals surface area contributed by atoms with Crippen molar-refractivity contribution in [2.24, 2.45) is 0 Å². The van der Waals surface area contributed by atoms with Crippen LogP contribution in [-0.4, -0.2) is 32.8 Å². The Kier molecular flexibility index (Phi) is 3.70. The summed E-state index contributed by atoms with van der Waals surface area (Å²) in [7, 11) is 1.67. The lowest BCUT2D eigenvalue weighted by Crippen LogP contribution is -2.03. The number of nitrogens with zero attached hydrogens (tertiary/aromatic N) is 3. The molecule has 2 heterocycles. The molecule has 0 bridgehead atoms. The second-order valence-electron chi connectivity index (χ2n) is 5.74. The summed E-state index contributed by atoms with van der Waals surface area (Å²) in [5.41, 5.74) is 4.25. The molecule has 4 rings (SSSR count). The van der Waals surface area contributed by atoms with Crippen LogP contribution in [0.4, 0.5) is 0 Å². The van der Waals surface area contributed by atoms with Crippen molar-refractivity contribution >= 4 is 16.8 Å². The second kappa shape index (κ2) is 6.02. The first-order chi connectivity index (χ1) is 11.8. The summed E-state index contributed by atoms with van der Waals surface area (Å²) in [4.78, 5) is 4.77. The Morgan fingerprint density at radius 3 is 2.62 bits per heavy atom. The van der Waals surface area contributed by atoms with Crippen LogP contribution in [0.3, 0.4) is 0 Å². The van der Waals surface area contributed by atoms with E-state index >= 15 is 0 Å². The van der Waals surface area contributed by atoms with Crippen LogP contribution in [0.15, 0.2) is 54.7 Å². The summed E-state index contributed by atoms with van der Waals surface area (Å²) >= 11 is 0. The zero-order valence-corrected chi connectivity index (χ0v) is 13.5. The average Bonchev–Trinajstić information content (AvgIpc) is 3.16. The summed E-state index contributed by atoms with van der Waals surface area (Å²) < 4.78 is 9.53. The fourth-order valence-electron chi connectivity index (χ4n) is 3.09. The van der Waals surface area contributed by atoms with Gasteiger partial charge in [0.1, 0.15) is 5.75 Å². The maximum atomic E-state index is 9.25. The lowest BCUT2D eigenvalue weighted by atomic mass is 10.1. The number of aryl methyl sites for hydroxylation is 1. The molecule has 0 saturated carbocycles. The third-order valence-corrected chi connectivity index (χ3v) is 4.29. The van der Waals surface area contributed by atoms with Gasteiger partial charge in [-0.15, -0.1) is 0 Å². The van der Waals surface area contributed by atoms with Crippen LogP contribution < -0.4 is 4.74 Å². The number of imidazole rings is 2. The summed E-state index contributed by atoms with van der Waals surface area (Å²) in [6.07, 6.45) is 2.81. The number of hydrogen-bond acceptors (Lipinski definition) is 3. The van der Waals surface area contributed by atoms with Gasteiger partial charge in [0, 0.05) is 24.9 Å². The van der Waals surface area contributed by atoms with Crippen LogP contribution in [0.5, 0.6) is 5.75 Å². The summed E-state index contributed by atoms with van der Waals surface area (Å²) in [5.74, 6) is 1.73. The average molecular weight is 321 g/mol. The summed E-state index contributed by atoms with van der Waals surface area (Å²) in [5, 5.41) is 9.25. The van der Waals surface area contributed by atoms with Crippen molar-refractivity contribution in [2.45, 2.75) is 13.0 Å². The molecular formula is C19H19N3O2. The molecule has 0 radical (unpaired) electrons. The van der Waals surface area contributed by atoms with Crippen LogP contribution >= 0.6 is 0 Å². The smallest absolute Gasteiger partial charge is 0.215 e. The molecule has 0 atom stereocenters. The SMILES string of the molecule is COc1ccc(-c2cn3c4ccccc4nc3n2CCCO)cc1. The molecule has 0 fully saturated rings. The zero-order valence-electron chi connectivity index (χ0n) is 13.5. The molecule has 0 amide bonds. The zero-order chi connectivity index (χ0) is 16.5. The van der Waals surface area contributed by atoms with Crippen molar-refractivity contribution in [3.8, 4) is 17.0 Å². The topological polar surface area (TPSA) is 51.7 Å². The molecule has 4 aromatic rings. The highest BCUT2D eigenvalue weighted by Crippen LogP contribution is 2.28. The standard InChI is InChI=1S/C19H19N3O2/c1-24-15-9-7-14(8-10-15)18-13-22-17-6-3-2-5-16(17)20-19(22)21(18)11-4-12-23/h2-3,5-10,13,23H,4,11-12H2,1H3. The van der Waals surface area contributed by atoms with E-state index in [0.717, 1.165) is 40.4 Å². The highest BCUT2D eigenvalue weighted by Gasteiger charge is 2.15. The quantitative estimate of drug-likeness (QED) is 0.613. The van der Waals surface area contributed by atoms with E-state index in [1.54, 1.807) is 7.11 Å². The number of methoxy groups -OCH3 is 1. The van der Waals surface area contributed by atoms with Crippen molar-refractivity contribution in [3.63, 3.8) is 0 Å². The molecule has 0 unspecified atom stereocenters. The lowest BCUT2D eigenvalue weighted by Gasteiger charge is -2.08. The number of fused-ring (bicyclic) bond motifs is 3. The van der Waals surface area contributed by atoms with Gasteiger partial charge in [-0.2, -0.15) is 0 Å². The number of aromatic nitrogens is 3. The van der Waals surface area contributed by atoms with Crippen LogP contribution in [-0.2, 0) is 6.54 Å². The molecule has 0 aliphatic heterocycles. The summed E-state index contributed by atoms with van der Waals surface area (Å²) in [6.45, 7) is 0.879. The number of rotatable bonds is 5. The van der Waals surface area contributed by atoms with Gasteiger partial charge in [0.25, 0.3) is 0 Å². The van der Waals surface area contributed by atoms with Crippen molar-refractivity contribution in [1.82, 2.24) is 14.0 Å². The Hall–Kier alpha value is -2.79. The van der Waals surface area contributed by atoms with Gasteiger partial charge in [-0.1, -0.05) is 12.1 Å². The Balaban J connectivity index is 1.92. The molecular weight excluding hydrogens is 302 g/mol. The molecule has 5 heteroatoms. The van der Waals surface area contributed by atoms with Gasteiger partial charge >= 0.3 is 0 Å². The van der Waals surface area contributed by atoms with Crippen LogP contribution in [0.2, 0.25) is 0 Å². The number of para-hydroxylation sites is 2. The number of aliphatic hydroxyl groups is 1. The third-order valence-electron chi connectivity index (χ3n) is 4.29. The van der Waals surface area contributed by atoms with E-state index in [4.69, 9.17) is 9.72 Å². The van der Waals surface area contributed by atoms with Gasteiger partial charge in [0.2, 0.25) is 5.78 Å². The number of aliphatic hydroxyl groups excluding tert-OH is 1. The van der Waals surface area contributed by atoms with E-state index in [1.165, 1.54) is 0 Å². The molecule has 0 saturated heterocycles. The molecule has 2 aromatic heterocycles. The highest BCUT2D eigenvalue weighted by molar-refractivity contribution is 5.81. The maximum Gasteiger partial charge on any atom is 0.215 e. The molecule has 122 valence electrons. The first-order valence-corrected chi connectivity index (χ1v) is 8.03. The Bertz CT molecular complexity index is 983. The lowest BCUT2D eigenvalue weighted by molar-refractivity contribution is 0.280. The van der Waals surface area contributed by atoms with Gasteiger partial charge < -0.3 is 14.4 Å². The first kappa shape index (κ1) is 14.8. The Labute approximate surface area is 139 Å². The van der Waals surface area contributed by atoms with E-state index in [-0.39, 0.29) is 6.61 Å². The van der Waals surface area contributed by atoms with Crippen molar-refractivity contribution in [3.05, 3.63) is 54.7 Å². The van der Waals surface area contributed by atoms with Crippen LogP contribution in [0, 0.1) is 0 Å². The van der Waals surface area contributed by atoms with E-state index in [0.29, 0.717) is 6.42 Å². The fourth-order valence-corrected chi connectivity index (χ4v) is 3.09. The normalized spacial score (nSPS) is 11.4. The number of hydrogen-bond donors (Lipinski definition) is 1. The minimum Gasteiger partial charge on any atom is -0.497 e. The summed E-state index contributed by atoms with van der Waals surface area (Å²) in [6, 6.07) is 16.1. The maximum absolute atomic E-state index is 9.25. The fraction of sp³-hybridized carbons (Fsp3) is 0.211.